The molecule has 72 valence electrons. The first kappa shape index (κ1) is 9.96. The third-order valence-electron chi connectivity index (χ3n) is 1.86. The molecule has 1 aliphatic heterocycles. The summed E-state index contributed by atoms with van der Waals surface area (Å²) in [6, 6.07) is 1.38. The van der Waals surface area contributed by atoms with Gasteiger partial charge in [-0.15, -0.1) is 0 Å². The van der Waals surface area contributed by atoms with E-state index in [1.165, 1.54) is 6.07 Å². The van der Waals surface area contributed by atoms with Gasteiger partial charge in [0.15, 0.2) is 0 Å². The van der Waals surface area contributed by atoms with Gasteiger partial charge < -0.3 is 0 Å². The van der Waals surface area contributed by atoms with E-state index in [1.807, 2.05) is 0 Å². The van der Waals surface area contributed by atoms with Crippen LogP contribution in [0.5, 0.6) is 0 Å². The molecular formula is C8H2BrCl2NO2. The smallest absolute Gasteiger partial charge is 0.260 e. The van der Waals surface area contributed by atoms with Gasteiger partial charge in [-0.05, 0) is 22.0 Å². The Kier molecular flexibility index (Phi) is 2.29. The highest BCUT2D eigenvalue weighted by Gasteiger charge is 2.31. The SMILES string of the molecule is O=C1NC(=O)c2c1cc(Cl)c(Cl)c2Br. The molecule has 2 rings (SSSR count). The summed E-state index contributed by atoms with van der Waals surface area (Å²) in [6.07, 6.45) is 0. The van der Waals surface area contributed by atoms with Crippen molar-refractivity contribution in [3.8, 4) is 0 Å². The van der Waals surface area contributed by atoms with Crippen LogP contribution in [-0.2, 0) is 0 Å². The van der Waals surface area contributed by atoms with Gasteiger partial charge in [-0.3, -0.25) is 14.9 Å². The molecule has 0 spiro atoms. The number of hydrogen-bond donors (Lipinski definition) is 1. The molecule has 0 atom stereocenters. The number of fused-ring (bicyclic) bond motifs is 1. The first-order valence-electron chi connectivity index (χ1n) is 3.55. The predicted octanol–water partition coefficient (Wildman–Crippen LogP) is 2.64. The minimum absolute atomic E-state index is 0.232. The van der Waals surface area contributed by atoms with E-state index in [4.69, 9.17) is 23.2 Å². The molecular weight excluding hydrogens is 293 g/mol. The average molecular weight is 295 g/mol. The molecule has 1 aromatic carbocycles. The van der Waals surface area contributed by atoms with E-state index in [0.717, 1.165) is 0 Å². The topological polar surface area (TPSA) is 46.2 Å². The van der Waals surface area contributed by atoms with Gasteiger partial charge in [0.2, 0.25) is 0 Å². The van der Waals surface area contributed by atoms with Gasteiger partial charge in [0.05, 0.1) is 25.6 Å². The van der Waals surface area contributed by atoms with Gasteiger partial charge in [-0.2, -0.15) is 0 Å². The lowest BCUT2D eigenvalue weighted by Gasteiger charge is -2.02. The Morgan fingerprint density at radius 1 is 1.21 bits per heavy atom. The summed E-state index contributed by atoms with van der Waals surface area (Å²) in [7, 11) is 0. The first-order valence-corrected chi connectivity index (χ1v) is 5.10. The van der Waals surface area contributed by atoms with Gasteiger partial charge in [0.25, 0.3) is 11.8 Å². The monoisotopic (exact) mass is 293 g/mol. The molecule has 3 nitrogen and oxygen atoms in total. The van der Waals surface area contributed by atoms with Gasteiger partial charge in [0, 0.05) is 0 Å². The van der Waals surface area contributed by atoms with Crippen molar-refractivity contribution in [2.75, 3.05) is 0 Å². The van der Waals surface area contributed by atoms with Crippen LogP contribution >= 0.6 is 39.1 Å². The molecule has 14 heavy (non-hydrogen) atoms. The Balaban J connectivity index is 2.82. The summed E-state index contributed by atoms with van der Waals surface area (Å²) in [4.78, 5) is 22.5. The van der Waals surface area contributed by atoms with Gasteiger partial charge in [-0.1, -0.05) is 23.2 Å². The van der Waals surface area contributed by atoms with E-state index in [2.05, 4.69) is 21.2 Å². The predicted molar refractivity (Wildman–Crippen MR) is 56.0 cm³/mol. The van der Waals surface area contributed by atoms with Crippen LogP contribution in [0, 0.1) is 0 Å². The zero-order valence-corrected chi connectivity index (χ0v) is 9.63. The number of amides is 2. The third kappa shape index (κ3) is 1.26. The summed E-state index contributed by atoms with van der Waals surface area (Å²) in [5.74, 6) is -0.917. The summed E-state index contributed by atoms with van der Waals surface area (Å²) < 4.78 is 0.352. The van der Waals surface area contributed by atoms with E-state index in [-0.39, 0.29) is 21.2 Å². The summed E-state index contributed by atoms with van der Waals surface area (Å²) in [6.45, 7) is 0. The molecule has 0 saturated heterocycles. The minimum Gasteiger partial charge on any atom is -0.288 e. The standard InChI is InChI=1S/C8H2BrCl2NO2/c9-5-4-2(1-3(10)6(5)11)7(13)12-8(4)14/h1H,(H,12,13,14). The molecule has 0 aliphatic carbocycles. The quantitative estimate of drug-likeness (QED) is 0.591. The van der Waals surface area contributed by atoms with E-state index in [1.54, 1.807) is 0 Å². The fraction of sp³-hybridized carbons (Fsp3) is 0. The van der Waals surface area contributed by atoms with E-state index < -0.39 is 11.8 Å². The van der Waals surface area contributed by atoms with Crippen molar-refractivity contribution in [1.29, 1.82) is 0 Å². The summed E-state index contributed by atoms with van der Waals surface area (Å²) in [5, 5.41) is 2.62. The summed E-state index contributed by atoms with van der Waals surface area (Å²) >= 11 is 14.7. The van der Waals surface area contributed by atoms with E-state index in [0.29, 0.717) is 4.47 Å². The van der Waals surface area contributed by atoms with Gasteiger partial charge in [0.1, 0.15) is 0 Å². The van der Waals surface area contributed by atoms with Gasteiger partial charge >= 0.3 is 0 Å². The molecule has 1 aromatic rings. The van der Waals surface area contributed by atoms with Crippen LogP contribution < -0.4 is 5.32 Å². The van der Waals surface area contributed by atoms with E-state index in [9.17, 15) is 9.59 Å². The molecule has 0 unspecified atom stereocenters. The van der Waals surface area contributed by atoms with Crippen molar-refractivity contribution >= 4 is 50.9 Å². The largest absolute Gasteiger partial charge is 0.288 e. The highest BCUT2D eigenvalue weighted by atomic mass is 79.9. The third-order valence-corrected chi connectivity index (χ3v) is 3.67. The Morgan fingerprint density at radius 3 is 2.50 bits per heavy atom. The average Bonchev–Trinajstić information content (AvgIpc) is 2.38. The molecule has 0 aromatic heterocycles. The van der Waals surface area contributed by atoms with Crippen molar-refractivity contribution in [2.24, 2.45) is 0 Å². The van der Waals surface area contributed by atoms with Crippen molar-refractivity contribution in [2.45, 2.75) is 0 Å². The first-order chi connectivity index (χ1) is 6.52. The fourth-order valence-electron chi connectivity index (χ4n) is 1.23. The maximum absolute atomic E-state index is 11.3. The lowest BCUT2D eigenvalue weighted by molar-refractivity contribution is 0.0879. The van der Waals surface area contributed by atoms with Crippen LogP contribution in [0.3, 0.4) is 0 Å². The minimum atomic E-state index is -0.463. The van der Waals surface area contributed by atoms with E-state index >= 15 is 0 Å². The lowest BCUT2D eigenvalue weighted by atomic mass is 10.1. The van der Waals surface area contributed by atoms with Crippen LogP contribution in [-0.4, -0.2) is 11.8 Å². The molecule has 2 amide bonds. The molecule has 6 heteroatoms. The normalized spacial score (nSPS) is 14.2. The molecule has 0 fully saturated rings. The number of rotatable bonds is 0. The molecule has 0 bridgehead atoms. The summed E-state index contributed by atoms with van der Waals surface area (Å²) in [5.41, 5.74) is 0.487. The Morgan fingerprint density at radius 2 is 1.86 bits per heavy atom. The number of carbonyl (C=O) groups is 2. The lowest BCUT2D eigenvalue weighted by Crippen LogP contribution is -2.20. The van der Waals surface area contributed by atoms with Crippen molar-refractivity contribution in [1.82, 2.24) is 5.32 Å². The van der Waals surface area contributed by atoms with Crippen molar-refractivity contribution in [3.63, 3.8) is 0 Å². The van der Waals surface area contributed by atoms with Crippen molar-refractivity contribution in [3.05, 3.63) is 31.7 Å². The van der Waals surface area contributed by atoms with Crippen LogP contribution in [0.4, 0.5) is 0 Å². The van der Waals surface area contributed by atoms with Crippen LogP contribution in [0.15, 0.2) is 10.5 Å². The zero-order valence-electron chi connectivity index (χ0n) is 6.53. The van der Waals surface area contributed by atoms with Gasteiger partial charge in [-0.25, -0.2) is 0 Å². The molecule has 0 saturated carbocycles. The maximum Gasteiger partial charge on any atom is 0.260 e. The zero-order chi connectivity index (χ0) is 10.5. The number of carbonyl (C=O) groups excluding carboxylic acids is 2. The van der Waals surface area contributed by atoms with Crippen LogP contribution in [0.1, 0.15) is 20.7 Å². The highest BCUT2D eigenvalue weighted by molar-refractivity contribution is 9.10. The number of nitrogens with one attached hydrogen (secondary N) is 1. The Bertz CT molecular complexity index is 473. The maximum atomic E-state index is 11.3. The number of hydrogen-bond acceptors (Lipinski definition) is 2. The number of halogens is 3. The second-order valence-corrected chi connectivity index (χ2v) is 4.27. The fourth-order valence-corrected chi connectivity index (χ4v) is 2.30. The molecule has 1 N–H and O–H groups in total. The second-order valence-electron chi connectivity index (χ2n) is 2.69. The second kappa shape index (κ2) is 3.22. The molecule has 1 aliphatic rings. The molecule has 1 heterocycles. The Hall–Kier alpha value is -0.580. The van der Waals surface area contributed by atoms with Crippen LogP contribution in [0.2, 0.25) is 10.0 Å². The Labute approximate surface area is 97.5 Å². The number of benzene rings is 1. The number of imide groups is 1. The van der Waals surface area contributed by atoms with Crippen LogP contribution in [0.25, 0.3) is 0 Å². The van der Waals surface area contributed by atoms with Crippen molar-refractivity contribution < 1.29 is 9.59 Å². The highest BCUT2D eigenvalue weighted by Crippen LogP contribution is 2.37. The molecule has 0 radical (unpaired) electrons.